The molecule has 0 saturated heterocycles. The molecule has 0 amide bonds. The van der Waals surface area contributed by atoms with E-state index in [0.29, 0.717) is 43.3 Å². The number of carboxylic acid groups (broad SMARTS) is 2. The number of ether oxygens (including phenoxy) is 6. The van der Waals surface area contributed by atoms with E-state index < -0.39 is 36.1 Å². The maximum atomic E-state index is 12.0. The fourth-order valence-electron chi connectivity index (χ4n) is 3.65. The summed E-state index contributed by atoms with van der Waals surface area (Å²) >= 11 is 3.24. The van der Waals surface area contributed by atoms with Crippen LogP contribution < -0.4 is 9.47 Å². The second-order valence-electron chi connectivity index (χ2n) is 9.68. The fraction of sp³-hybridized carbons (Fsp3) is 0.394. The lowest BCUT2D eigenvalue weighted by Crippen LogP contribution is -2.29. The van der Waals surface area contributed by atoms with E-state index in [4.69, 9.17) is 38.6 Å². The van der Waals surface area contributed by atoms with Crippen molar-refractivity contribution in [2.24, 2.45) is 0 Å². The molecule has 2 aromatic rings. The van der Waals surface area contributed by atoms with E-state index in [1.807, 2.05) is 36.8 Å². The molecular weight excluding hydrogens is 652 g/mol. The molecule has 12 nitrogen and oxygen atoms in total. The van der Waals surface area contributed by atoms with Crippen LogP contribution in [0.15, 0.2) is 72.8 Å². The van der Waals surface area contributed by atoms with Crippen molar-refractivity contribution >= 4 is 47.4 Å². The number of aliphatic carboxylic acids is 2. The Morgan fingerprint density at radius 3 is 1.34 bits per heavy atom. The average molecular weight is 693 g/mol. The van der Waals surface area contributed by atoms with Gasteiger partial charge in [-0.1, -0.05) is 24.3 Å². The lowest BCUT2D eigenvalue weighted by molar-refractivity contribution is -0.148. The molecule has 2 rings (SSSR count). The van der Waals surface area contributed by atoms with Crippen LogP contribution in [0.25, 0.3) is 0 Å². The van der Waals surface area contributed by atoms with Crippen molar-refractivity contribution < 1.29 is 57.8 Å². The van der Waals surface area contributed by atoms with Gasteiger partial charge < -0.3 is 38.6 Å². The molecule has 0 spiro atoms. The van der Waals surface area contributed by atoms with Crippen molar-refractivity contribution in [3.8, 4) is 11.5 Å². The minimum atomic E-state index is -1.25. The van der Waals surface area contributed by atoms with Crippen LogP contribution in [-0.2, 0) is 44.5 Å². The van der Waals surface area contributed by atoms with Gasteiger partial charge in [0.2, 0.25) is 0 Å². The molecule has 0 saturated carbocycles. The summed E-state index contributed by atoms with van der Waals surface area (Å²) in [5, 5.41) is 17.4. The zero-order valence-corrected chi connectivity index (χ0v) is 27.9. The minimum Gasteiger partial charge on any atom is -0.490 e. The van der Waals surface area contributed by atoms with Crippen LogP contribution in [0.5, 0.6) is 11.5 Å². The Morgan fingerprint density at radius 2 is 1.00 bits per heavy atom. The van der Waals surface area contributed by atoms with E-state index in [1.54, 1.807) is 47.8 Å². The number of esters is 2. The summed E-state index contributed by atoms with van der Waals surface area (Å²) in [5.41, 5.74) is 2.05. The summed E-state index contributed by atoms with van der Waals surface area (Å²) in [5.74, 6) is -1.42. The van der Waals surface area contributed by atoms with Crippen molar-refractivity contribution in [1.29, 1.82) is 0 Å². The van der Waals surface area contributed by atoms with Gasteiger partial charge in [0.15, 0.2) is 12.2 Å². The molecule has 0 bridgehead atoms. The third kappa shape index (κ3) is 18.7. The zero-order chi connectivity index (χ0) is 34.3. The second-order valence-corrected chi connectivity index (χ2v) is 11.7. The summed E-state index contributed by atoms with van der Waals surface area (Å²) in [6.07, 6.45) is 6.18. The van der Waals surface area contributed by atoms with Gasteiger partial charge in [0, 0.05) is 35.8 Å². The Bertz CT molecular complexity index is 1200. The van der Waals surface area contributed by atoms with Crippen LogP contribution in [0.4, 0.5) is 0 Å². The van der Waals surface area contributed by atoms with E-state index in [2.05, 4.69) is 0 Å². The Morgan fingerprint density at radius 1 is 0.617 bits per heavy atom. The molecule has 14 heteroatoms. The normalized spacial score (nSPS) is 12.5. The lowest BCUT2D eigenvalue weighted by atomic mass is 10.0. The van der Waals surface area contributed by atoms with Gasteiger partial charge in [-0.25, -0.2) is 19.2 Å². The molecule has 0 heterocycles. The highest BCUT2D eigenvalue weighted by molar-refractivity contribution is 7.98. The first-order valence-electron chi connectivity index (χ1n) is 14.5. The average Bonchev–Trinajstić information content (AvgIpc) is 3.05. The summed E-state index contributed by atoms with van der Waals surface area (Å²) < 4.78 is 33.3. The number of benzene rings is 2. The molecule has 0 aromatic heterocycles. The molecular formula is C33H40O12S2. The largest absolute Gasteiger partial charge is 0.490 e. The number of carbonyl (C=O) groups excluding carboxylic acids is 2. The Kier molecular flexibility index (Phi) is 19.5. The van der Waals surface area contributed by atoms with Crippen LogP contribution in [0.1, 0.15) is 11.1 Å². The van der Waals surface area contributed by atoms with Gasteiger partial charge in [0.25, 0.3) is 0 Å². The third-order valence-corrected chi connectivity index (χ3v) is 7.04. The van der Waals surface area contributed by atoms with Crippen molar-refractivity contribution in [1.82, 2.24) is 0 Å². The molecule has 0 aliphatic heterocycles. The summed E-state index contributed by atoms with van der Waals surface area (Å²) in [6.45, 7) is 1.20. The molecule has 0 aliphatic rings. The van der Waals surface area contributed by atoms with Gasteiger partial charge in [-0.05, 0) is 54.3 Å². The van der Waals surface area contributed by atoms with Gasteiger partial charge >= 0.3 is 23.9 Å². The molecule has 256 valence electrons. The predicted octanol–water partition coefficient (Wildman–Crippen LogP) is 3.90. The van der Waals surface area contributed by atoms with Gasteiger partial charge in [-0.3, -0.25) is 0 Å². The molecule has 2 atom stereocenters. The fourth-order valence-corrected chi connectivity index (χ4v) is 4.22. The highest BCUT2D eigenvalue weighted by Gasteiger charge is 2.16. The highest BCUT2D eigenvalue weighted by Crippen LogP contribution is 2.19. The highest BCUT2D eigenvalue weighted by atomic mass is 32.2. The van der Waals surface area contributed by atoms with E-state index in [1.165, 1.54) is 0 Å². The molecule has 0 radical (unpaired) electrons. The SMILES string of the molecule is CSCCOCC(COc1ccc(Cc2ccc(OCC(COCCSC)OC(=O)C=CC(=O)O)cc2)cc1)OC(=O)C=CC(=O)O. The van der Waals surface area contributed by atoms with Gasteiger partial charge in [0.05, 0.1) is 26.4 Å². The number of thioether (sulfide) groups is 2. The maximum Gasteiger partial charge on any atom is 0.331 e. The quantitative estimate of drug-likeness (QED) is 0.0925. The zero-order valence-electron chi connectivity index (χ0n) is 26.2. The van der Waals surface area contributed by atoms with E-state index in [9.17, 15) is 19.2 Å². The number of rotatable bonds is 24. The molecule has 0 aliphatic carbocycles. The Hall–Kier alpha value is -3.98. The summed E-state index contributed by atoms with van der Waals surface area (Å²) in [6, 6.07) is 14.9. The van der Waals surface area contributed by atoms with Crippen LogP contribution in [0, 0.1) is 0 Å². The van der Waals surface area contributed by atoms with Crippen LogP contribution >= 0.6 is 23.5 Å². The van der Waals surface area contributed by atoms with Crippen LogP contribution in [0.2, 0.25) is 0 Å². The first-order valence-corrected chi connectivity index (χ1v) is 17.3. The standard InChI is InChI=1S/C33H40O12S2/c1-46-17-15-40-20-28(44-32(38)13-11-30(34)35)22-42-26-7-3-24(4-8-26)19-25-5-9-27(10-6-25)43-23-29(21-41-16-18-47-2)45-33(39)14-12-31(36)37/h3-14,28-29H,15-23H2,1-2H3,(H,34,35)(H,36,37). The smallest absolute Gasteiger partial charge is 0.331 e. The Labute approximate surface area is 282 Å². The lowest BCUT2D eigenvalue weighted by Gasteiger charge is -2.18. The van der Waals surface area contributed by atoms with Gasteiger partial charge in [-0.2, -0.15) is 23.5 Å². The third-order valence-electron chi connectivity index (χ3n) is 5.89. The number of carboxylic acids is 2. The van der Waals surface area contributed by atoms with Crippen molar-refractivity contribution in [2.75, 3.05) is 63.7 Å². The van der Waals surface area contributed by atoms with Crippen molar-refractivity contribution in [2.45, 2.75) is 18.6 Å². The molecule has 47 heavy (non-hydrogen) atoms. The predicted molar refractivity (Wildman–Crippen MR) is 178 cm³/mol. The summed E-state index contributed by atoms with van der Waals surface area (Å²) in [7, 11) is 0. The van der Waals surface area contributed by atoms with Crippen molar-refractivity contribution in [3.05, 3.63) is 84.0 Å². The monoisotopic (exact) mass is 692 g/mol. The number of hydrogen-bond donors (Lipinski definition) is 2. The molecule has 2 aromatic carbocycles. The summed E-state index contributed by atoms with van der Waals surface area (Å²) in [4.78, 5) is 45.3. The van der Waals surface area contributed by atoms with Crippen molar-refractivity contribution in [3.63, 3.8) is 0 Å². The van der Waals surface area contributed by atoms with Crippen LogP contribution in [-0.4, -0.2) is 110 Å². The van der Waals surface area contributed by atoms with Gasteiger partial charge in [0.1, 0.15) is 24.7 Å². The topological polar surface area (TPSA) is 164 Å². The Balaban J connectivity index is 1.90. The maximum absolute atomic E-state index is 12.0. The van der Waals surface area contributed by atoms with Crippen LogP contribution in [0.3, 0.4) is 0 Å². The molecule has 2 N–H and O–H groups in total. The minimum absolute atomic E-state index is 0.0236. The molecule has 0 fully saturated rings. The molecule has 2 unspecified atom stereocenters. The van der Waals surface area contributed by atoms with E-state index >= 15 is 0 Å². The first-order chi connectivity index (χ1) is 22.7. The number of carbonyl (C=O) groups is 4. The number of hydrogen-bond acceptors (Lipinski definition) is 12. The van der Waals surface area contributed by atoms with E-state index in [0.717, 1.165) is 34.8 Å². The first kappa shape index (κ1) is 39.2. The van der Waals surface area contributed by atoms with Gasteiger partial charge in [-0.15, -0.1) is 0 Å². The van der Waals surface area contributed by atoms with E-state index in [-0.39, 0.29) is 26.4 Å². The second kappa shape index (κ2) is 23.4.